The van der Waals surface area contributed by atoms with Crippen LogP contribution in [0.3, 0.4) is 0 Å². The molecule has 0 unspecified atom stereocenters. The minimum absolute atomic E-state index is 0.0295. The number of anilines is 2. The van der Waals surface area contributed by atoms with E-state index in [4.69, 9.17) is 4.74 Å². The second kappa shape index (κ2) is 9.65. The number of methoxy groups -OCH3 is 1. The van der Waals surface area contributed by atoms with Crippen LogP contribution in [0.25, 0.3) is 11.8 Å². The van der Waals surface area contributed by atoms with Gasteiger partial charge in [-0.3, -0.25) is 0 Å². The monoisotopic (exact) mass is 489 g/mol. The van der Waals surface area contributed by atoms with Crippen molar-refractivity contribution in [2.24, 2.45) is 0 Å². The number of allylic oxidation sites excluding steroid dienone is 1. The molecule has 0 radical (unpaired) electrons. The first kappa shape index (κ1) is 24.1. The van der Waals surface area contributed by atoms with Gasteiger partial charge in [-0.1, -0.05) is 18.7 Å². The van der Waals surface area contributed by atoms with Gasteiger partial charge in [0.25, 0.3) is 0 Å². The number of alkyl halides is 5. The number of rotatable bonds is 7. The molecule has 1 aliphatic rings. The molecule has 0 saturated heterocycles. The summed E-state index contributed by atoms with van der Waals surface area (Å²) in [4.78, 5) is 6.22. The minimum atomic E-state index is -4.41. The summed E-state index contributed by atoms with van der Waals surface area (Å²) in [6.07, 6.45) is -2.64. The molecule has 5 nitrogen and oxygen atoms in total. The highest BCUT2D eigenvalue weighted by atomic mass is 19.4. The number of pyridine rings is 1. The van der Waals surface area contributed by atoms with E-state index in [9.17, 15) is 22.0 Å². The molecule has 35 heavy (non-hydrogen) atoms. The van der Waals surface area contributed by atoms with Crippen molar-refractivity contribution in [3.05, 3.63) is 89.1 Å². The molecular formula is C25H20F5N3O2. The fourth-order valence-electron chi connectivity index (χ4n) is 3.62. The van der Waals surface area contributed by atoms with Gasteiger partial charge in [0.1, 0.15) is 23.9 Å². The molecule has 1 N–H and O–H groups in total. The number of fused-ring (bicyclic) bond motifs is 1. The topological polar surface area (TPSA) is 46.6 Å². The maximum Gasteiger partial charge on any atom is 0.405 e. The summed E-state index contributed by atoms with van der Waals surface area (Å²) in [6, 6.07) is 16.2. The van der Waals surface area contributed by atoms with Crippen LogP contribution >= 0.6 is 0 Å². The van der Waals surface area contributed by atoms with E-state index >= 15 is 0 Å². The van der Waals surface area contributed by atoms with Gasteiger partial charge in [-0.25, -0.2) is 4.98 Å². The fourth-order valence-corrected chi connectivity index (χ4v) is 3.62. The van der Waals surface area contributed by atoms with Crippen molar-refractivity contribution in [1.29, 1.82) is 0 Å². The zero-order valence-corrected chi connectivity index (χ0v) is 18.4. The van der Waals surface area contributed by atoms with E-state index in [0.29, 0.717) is 33.2 Å². The molecule has 0 spiro atoms. The Morgan fingerprint density at radius 2 is 1.63 bits per heavy atom. The molecular weight excluding hydrogens is 469 g/mol. The molecule has 0 aliphatic carbocycles. The summed E-state index contributed by atoms with van der Waals surface area (Å²) in [6.45, 7) is -0.0174. The molecule has 182 valence electrons. The highest BCUT2D eigenvalue weighted by Crippen LogP contribution is 2.31. The van der Waals surface area contributed by atoms with Crippen molar-refractivity contribution >= 4 is 23.3 Å². The number of nitrogens with zero attached hydrogens (tertiary/aromatic N) is 2. The van der Waals surface area contributed by atoms with Crippen molar-refractivity contribution in [1.82, 2.24) is 4.98 Å². The highest BCUT2D eigenvalue weighted by Gasteiger charge is 2.27. The van der Waals surface area contributed by atoms with Crippen LogP contribution < -0.4 is 30.3 Å². The van der Waals surface area contributed by atoms with Gasteiger partial charge < -0.3 is 19.7 Å². The van der Waals surface area contributed by atoms with Crippen LogP contribution in [-0.4, -0.2) is 31.4 Å². The largest absolute Gasteiger partial charge is 0.497 e. The van der Waals surface area contributed by atoms with Crippen LogP contribution in [0.5, 0.6) is 11.5 Å². The van der Waals surface area contributed by atoms with Crippen LogP contribution in [0.15, 0.2) is 72.9 Å². The van der Waals surface area contributed by atoms with Crippen molar-refractivity contribution in [3.63, 3.8) is 0 Å². The van der Waals surface area contributed by atoms with Gasteiger partial charge in [0.05, 0.1) is 12.5 Å². The van der Waals surface area contributed by atoms with Crippen molar-refractivity contribution in [2.75, 3.05) is 23.9 Å². The van der Waals surface area contributed by atoms with Gasteiger partial charge in [-0.05, 0) is 54.1 Å². The molecule has 4 rings (SSSR count). The molecule has 3 aromatic rings. The second-order valence-corrected chi connectivity index (χ2v) is 7.52. The van der Waals surface area contributed by atoms with Crippen LogP contribution in [-0.2, 0) is 0 Å². The molecule has 0 atom stereocenters. The summed E-state index contributed by atoms with van der Waals surface area (Å²) < 4.78 is 72.9. The predicted octanol–water partition coefficient (Wildman–Crippen LogP) is 4.64. The number of hydrogen-bond donors (Lipinski definition) is 1. The first-order chi connectivity index (χ1) is 16.6. The van der Waals surface area contributed by atoms with Gasteiger partial charge >= 0.3 is 12.8 Å². The Morgan fingerprint density at radius 3 is 2.23 bits per heavy atom. The number of nitrogens with one attached hydrogen (secondary N) is 1. The predicted molar refractivity (Wildman–Crippen MR) is 123 cm³/mol. The Hall–Kier alpha value is -4.08. The van der Waals surface area contributed by atoms with E-state index in [1.54, 1.807) is 43.6 Å². The molecule has 10 heteroatoms. The van der Waals surface area contributed by atoms with E-state index in [1.165, 1.54) is 18.2 Å². The summed E-state index contributed by atoms with van der Waals surface area (Å²) in [5.41, 5.74) is 2.35. The van der Waals surface area contributed by atoms with Gasteiger partial charge in [-0.2, -0.15) is 22.0 Å². The lowest BCUT2D eigenvalue weighted by Crippen LogP contribution is -2.40. The lowest BCUT2D eigenvalue weighted by Gasteiger charge is -2.28. The standard InChI is InChI=1S/C25H20F5N3O2/c1-15-22(16-3-8-20(9-4-16)35-24(26)27)23-17(5-12-21(32-23)31-14-25(28,29)30)13-33(15)18-6-10-19(34-2)11-7-18/h3-13,24H,1,14H2,2H3,(H,31,32). The lowest BCUT2D eigenvalue weighted by atomic mass is 9.98. The van der Waals surface area contributed by atoms with E-state index in [-0.39, 0.29) is 11.6 Å². The molecule has 2 heterocycles. The first-order valence-electron chi connectivity index (χ1n) is 10.4. The van der Waals surface area contributed by atoms with Crippen molar-refractivity contribution in [3.8, 4) is 11.5 Å². The maximum absolute atomic E-state index is 12.7. The number of aromatic nitrogens is 1. The molecule has 1 aliphatic heterocycles. The normalized spacial score (nSPS) is 13.4. The average molecular weight is 489 g/mol. The maximum atomic E-state index is 12.7. The Kier molecular flexibility index (Phi) is 6.63. The van der Waals surface area contributed by atoms with Crippen molar-refractivity contribution in [2.45, 2.75) is 12.8 Å². The lowest BCUT2D eigenvalue weighted by molar-refractivity contribution is -0.115. The SMILES string of the molecule is C=C1C(c2ccc(OC(F)F)cc2)=c2nc(NCC(F)(F)F)ccc2=CN1c1ccc(OC)cc1. The van der Waals surface area contributed by atoms with Gasteiger partial charge in [0.15, 0.2) is 0 Å². The smallest absolute Gasteiger partial charge is 0.405 e. The summed E-state index contributed by atoms with van der Waals surface area (Å²) in [5.74, 6) is 0.672. The summed E-state index contributed by atoms with van der Waals surface area (Å²) in [5, 5.41) is 3.31. The van der Waals surface area contributed by atoms with Gasteiger partial charge in [0, 0.05) is 28.4 Å². The average Bonchev–Trinajstić information content (AvgIpc) is 2.82. The molecule has 2 aromatic carbocycles. The van der Waals surface area contributed by atoms with Crippen LogP contribution in [0.2, 0.25) is 0 Å². The Morgan fingerprint density at radius 1 is 0.971 bits per heavy atom. The number of benzene rings is 2. The fraction of sp³-hybridized carbons (Fsp3) is 0.160. The zero-order chi connectivity index (χ0) is 25.2. The van der Waals surface area contributed by atoms with Crippen LogP contribution in [0.4, 0.5) is 33.5 Å². The zero-order valence-electron chi connectivity index (χ0n) is 18.4. The quantitative estimate of drug-likeness (QED) is 0.491. The summed E-state index contributed by atoms with van der Waals surface area (Å²) in [7, 11) is 1.56. The summed E-state index contributed by atoms with van der Waals surface area (Å²) >= 11 is 0. The number of hydrogen-bond acceptors (Lipinski definition) is 5. The third kappa shape index (κ3) is 5.53. The highest BCUT2D eigenvalue weighted by molar-refractivity contribution is 5.87. The van der Waals surface area contributed by atoms with Crippen molar-refractivity contribution < 1.29 is 31.4 Å². The van der Waals surface area contributed by atoms with E-state index in [1.807, 2.05) is 17.0 Å². The van der Waals surface area contributed by atoms with Gasteiger partial charge in [0.2, 0.25) is 0 Å². The van der Waals surface area contributed by atoms with Crippen LogP contribution in [0, 0.1) is 0 Å². The van der Waals surface area contributed by atoms with E-state index in [2.05, 4.69) is 21.6 Å². The third-order valence-electron chi connectivity index (χ3n) is 5.20. The molecule has 1 aromatic heterocycles. The first-order valence-corrected chi connectivity index (χ1v) is 10.4. The second-order valence-electron chi connectivity index (χ2n) is 7.52. The van der Waals surface area contributed by atoms with E-state index in [0.717, 1.165) is 5.69 Å². The molecule has 0 saturated carbocycles. The minimum Gasteiger partial charge on any atom is -0.497 e. The molecule has 0 fully saturated rings. The molecule has 0 amide bonds. The number of ether oxygens (including phenoxy) is 2. The van der Waals surface area contributed by atoms with Gasteiger partial charge in [-0.15, -0.1) is 0 Å². The Labute approximate surface area is 197 Å². The van der Waals surface area contributed by atoms with Crippen LogP contribution in [0.1, 0.15) is 5.56 Å². The molecule has 0 bridgehead atoms. The number of halogens is 5. The third-order valence-corrected chi connectivity index (χ3v) is 5.20. The Bertz CT molecular complexity index is 1340. The van der Waals surface area contributed by atoms with E-state index < -0.39 is 19.3 Å². The Balaban J connectivity index is 1.83.